The third-order valence-electron chi connectivity index (χ3n) is 7.08. The molecule has 0 saturated carbocycles. The molecule has 1 aliphatic rings. The van der Waals surface area contributed by atoms with E-state index in [1.807, 2.05) is 67.3 Å². The van der Waals surface area contributed by atoms with Crippen molar-refractivity contribution in [3.63, 3.8) is 0 Å². The zero-order valence-electron chi connectivity index (χ0n) is 20.7. The Balaban J connectivity index is 2.23. The van der Waals surface area contributed by atoms with E-state index in [9.17, 15) is 13.2 Å². The summed E-state index contributed by atoms with van der Waals surface area (Å²) in [6.45, 7) is 8.08. The van der Waals surface area contributed by atoms with Gasteiger partial charge in [0.05, 0.1) is 17.7 Å². The van der Waals surface area contributed by atoms with E-state index in [-0.39, 0.29) is 30.5 Å². The van der Waals surface area contributed by atoms with Crippen LogP contribution >= 0.6 is 23.2 Å². The van der Waals surface area contributed by atoms with Crippen LogP contribution in [0.2, 0.25) is 10.0 Å². The second-order valence-electron chi connectivity index (χ2n) is 9.73. The minimum Gasteiger partial charge on any atom is -0.330 e. The van der Waals surface area contributed by atoms with Gasteiger partial charge in [-0.25, -0.2) is 12.7 Å². The summed E-state index contributed by atoms with van der Waals surface area (Å²) in [6.07, 6.45) is 4.70. The minimum absolute atomic E-state index is 0.00405. The van der Waals surface area contributed by atoms with Crippen molar-refractivity contribution in [3.8, 4) is 0 Å². The van der Waals surface area contributed by atoms with Crippen LogP contribution in [-0.4, -0.2) is 49.4 Å². The van der Waals surface area contributed by atoms with Gasteiger partial charge in [-0.2, -0.15) is 0 Å². The molecular weight excluding hydrogens is 503 g/mol. The van der Waals surface area contributed by atoms with Crippen molar-refractivity contribution in [2.75, 3.05) is 19.8 Å². The molecule has 2 aromatic rings. The molecule has 1 saturated heterocycles. The largest absolute Gasteiger partial charge is 0.330 e. The summed E-state index contributed by atoms with van der Waals surface area (Å²) in [6, 6.07) is 14.7. The number of likely N-dealkylation sites (tertiary alicyclic amines) is 1. The number of piperidine rings is 1. The predicted molar refractivity (Wildman–Crippen MR) is 144 cm³/mol. The number of halogens is 2. The van der Waals surface area contributed by atoms with Crippen molar-refractivity contribution in [2.45, 2.75) is 51.1 Å². The lowest BCUT2D eigenvalue weighted by molar-refractivity contribution is -0.154. The number of sulfonamides is 1. The fourth-order valence-corrected chi connectivity index (χ4v) is 5.90. The molecule has 0 N–H and O–H groups in total. The Morgan fingerprint density at radius 3 is 2.37 bits per heavy atom. The maximum Gasteiger partial charge on any atom is 0.229 e. The Morgan fingerprint density at radius 1 is 1.17 bits per heavy atom. The molecule has 3 unspecified atom stereocenters. The lowest BCUT2D eigenvalue weighted by atomic mass is 9.67. The molecule has 8 heteroatoms. The van der Waals surface area contributed by atoms with E-state index in [1.54, 1.807) is 13.1 Å². The van der Waals surface area contributed by atoms with Crippen molar-refractivity contribution in [2.24, 2.45) is 5.41 Å². The molecule has 2 aromatic carbocycles. The van der Waals surface area contributed by atoms with Crippen LogP contribution in [-0.2, 0) is 14.8 Å². The van der Waals surface area contributed by atoms with Crippen molar-refractivity contribution in [3.05, 3.63) is 82.4 Å². The van der Waals surface area contributed by atoms with Gasteiger partial charge >= 0.3 is 0 Å². The van der Waals surface area contributed by atoms with E-state index in [2.05, 4.69) is 6.58 Å². The zero-order valence-corrected chi connectivity index (χ0v) is 23.1. The van der Waals surface area contributed by atoms with Crippen LogP contribution in [0.15, 0.2) is 61.2 Å². The molecular formula is C27H34Cl2N2O3S. The number of amides is 1. The maximum atomic E-state index is 14.2. The quantitative estimate of drug-likeness (QED) is 0.353. The molecule has 35 heavy (non-hydrogen) atoms. The first-order chi connectivity index (χ1) is 16.4. The van der Waals surface area contributed by atoms with Crippen LogP contribution in [0.3, 0.4) is 0 Å². The highest BCUT2D eigenvalue weighted by molar-refractivity contribution is 7.88. The van der Waals surface area contributed by atoms with E-state index in [0.717, 1.165) is 11.1 Å². The minimum atomic E-state index is -3.42. The summed E-state index contributed by atoms with van der Waals surface area (Å²) in [5.74, 6) is -0.0560. The number of rotatable bonds is 9. The molecule has 0 radical (unpaired) electrons. The lowest BCUT2D eigenvalue weighted by Gasteiger charge is -2.52. The number of likely N-dealkylation sites (N-methyl/N-ethyl adjacent to an activating group) is 1. The fraction of sp³-hybridized carbons (Fsp3) is 0.444. The number of benzene rings is 2. The number of hydrogen-bond acceptors (Lipinski definition) is 3. The van der Waals surface area contributed by atoms with Gasteiger partial charge in [0.15, 0.2) is 0 Å². The van der Waals surface area contributed by atoms with E-state index in [0.29, 0.717) is 29.3 Å². The lowest BCUT2D eigenvalue weighted by Crippen LogP contribution is -2.57. The monoisotopic (exact) mass is 536 g/mol. The van der Waals surface area contributed by atoms with Crippen molar-refractivity contribution in [1.82, 2.24) is 9.21 Å². The number of carbonyl (C=O) groups excluding carboxylic acids is 1. The van der Waals surface area contributed by atoms with E-state index < -0.39 is 15.4 Å². The van der Waals surface area contributed by atoms with E-state index in [1.165, 1.54) is 10.6 Å². The fourth-order valence-electron chi connectivity index (χ4n) is 5.13. The van der Waals surface area contributed by atoms with Gasteiger partial charge in [-0.3, -0.25) is 4.79 Å². The summed E-state index contributed by atoms with van der Waals surface area (Å²) in [5, 5.41) is 1.25. The maximum absolute atomic E-state index is 14.2. The highest BCUT2D eigenvalue weighted by Crippen LogP contribution is 2.52. The number of hydrogen-bond donors (Lipinski definition) is 0. The summed E-state index contributed by atoms with van der Waals surface area (Å²) in [5.41, 5.74) is 1.31. The Morgan fingerprint density at radius 2 is 1.83 bits per heavy atom. The normalized spacial score (nSPS) is 24.0. The molecule has 0 spiro atoms. The average molecular weight is 538 g/mol. The highest BCUT2D eigenvalue weighted by atomic mass is 35.5. The Kier molecular flexibility index (Phi) is 8.74. The predicted octanol–water partition coefficient (Wildman–Crippen LogP) is 6.30. The topological polar surface area (TPSA) is 57.7 Å². The number of nitrogens with zero attached hydrogens (tertiary/aromatic N) is 2. The summed E-state index contributed by atoms with van der Waals surface area (Å²) < 4.78 is 25.9. The zero-order chi connectivity index (χ0) is 26.0. The molecule has 3 rings (SSSR count). The van der Waals surface area contributed by atoms with Crippen LogP contribution in [0.1, 0.15) is 56.2 Å². The first kappa shape index (κ1) is 27.7. The first-order valence-electron chi connectivity index (χ1n) is 11.8. The van der Waals surface area contributed by atoms with Gasteiger partial charge in [-0.1, -0.05) is 67.4 Å². The van der Waals surface area contributed by atoms with Gasteiger partial charge in [0, 0.05) is 35.6 Å². The van der Waals surface area contributed by atoms with Crippen LogP contribution < -0.4 is 0 Å². The summed E-state index contributed by atoms with van der Waals surface area (Å²) in [7, 11) is -1.86. The van der Waals surface area contributed by atoms with Crippen LogP contribution in [0, 0.1) is 5.41 Å². The van der Waals surface area contributed by atoms with Crippen LogP contribution in [0.25, 0.3) is 0 Å². The molecule has 0 bridgehead atoms. The van der Waals surface area contributed by atoms with Crippen molar-refractivity contribution < 1.29 is 13.2 Å². The van der Waals surface area contributed by atoms with Gasteiger partial charge in [-0.15, -0.1) is 6.58 Å². The standard InChI is InChI=1S/C27H34Cl2N2O3S/c1-6-15-27(3)17-24(20-9-8-10-22(29)16-20)25(19-11-13-21(28)14-12-19)31(26(27)32)23(7-2)18-30(4)35(5,33)34/h6,8-14,16,23-25H,1,7,15,17-18H2,2-5H3/t23?,24?,25?,27-/m0/s1. The SMILES string of the molecule is C=CC[C@@]1(C)CC(c2cccc(Cl)c2)C(c2ccc(Cl)cc2)N(C(CC)CN(C)S(C)(=O)=O)C1=O. The van der Waals surface area contributed by atoms with Crippen LogP contribution in [0.4, 0.5) is 0 Å². The van der Waals surface area contributed by atoms with Crippen LogP contribution in [0.5, 0.6) is 0 Å². The van der Waals surface area contributed by atoms with Gasteiger partial charge < -0.3 is 4.90 Å². The molecule has 0 aliphatic carbocycles. The van der Waals surface area contributed by atoms with E-state index in [4.69, 9.17) is 23.2 Å². The third-order valence-corrected chi connectivity index (χ3v) is 8.85. The Labute approximate surface area is 219 Å². The number of allylic oxidation sites excluding steroid dienone is 1. The highest BCUT2D eigenvalue weighted by Gasteiger charge is 2.51. The molecule has 0 aromatic heterocycles. The van der Waals surface area contributed by atoms with Gasteiger partial charge in [0.25, 0.3) is 0 Å². The van der Waals surface area contributed by atoms with E-state index >= 15 is 0 Å². The second kappa shape index (κ2) is 11.0. The third kappa shape index (κ3) is 6.11. The Bertz CT molecular complexity index is 1170. The average Bonchev–Trinajstić information content (AvgIpc) is 2.79. The molecule has 1 amide bonds. The molecule has 5 nitrogen and oxygen atoms in total. The van der Waals surface area contributed by atoms with Gasteiger partial charge in [-0.05, 0) is 54.7 Å². The summed E-state index contributed by atoms with van der Waals surface area (Å²) >= 11 is 12.6. The van der Waals surface area contributed by atoms with Crippen molar-refractivity contribution >= 4 is 39.1 Å². The first-order valence-corrected chi connectivity index (χ1v) is 14.4. The molecule has 4 atom stereocenters. The second-order valence-corrected chi connectivity index (χ2v) is 12.7. The smallest absolute Gasteiger partial charge is 0.229 e. The van der Waals surface area contributed by atoms with Crippen molar-refractivity contribution in [1.29, 1.82) is 0 Å². The molecule has 190 valence electrons. The molecule has 1 aliphatic heterocycles. The van der Waals surface area contributed by atoms with Gasteiger partial charge in [0.1, 0.15) is 0 Å². The Hall–Kier alpha value is -1.86. The molecule has 1 heterocycles. The molecule has 1 fully saturated rings. The number of carbonyl (C=O) groups is 1. The van der Waals surface area contributed by atoms with Gasteiger partial charge in [0.2, 0.25) is 15.9 Å². The summed E-state index contributed by atoms with van der Waals surface area (Å²) in [4.78, 5) is 16.1.